The van der Waals surface area contributed by atoms with Crippen LogP contribution in [-0.4, -0.2) is 54.6 Å². The number of fused-ring (bicyclic) bond motifs is 2. The van der Waals surface area contributed by atoms with Crippen molar-refractivity contribution in [2.75, 3.05) is 19.1 Å². The summed E-state index contributed by atoms with van der Waals surface area (Å²) in [5.41, 5.74) is 12.6. The van der Waals surface area contributed by atoms with Crippen LogP contribution in [0, 0.1) is 0 Å². The van der Waals surface area contributed by atoms with Crippen molar-refractivity contribution in [2.45, 2.75) is 18.8 Å². The predicted molar refractivity (Wildman–Crippen MR) is 138 cm³/mol. The Morgan fingerprint density at radius 3 is 2.49 bits per heavy atom. The van der Waals surface area contributed by atoms with Gasteiger partial charge in [0.05, 0.1) is 36.8 Å². The number of hydrogen-bond donors (Lipinski definition) is 2. The van der Waals surface area contributed by atoms with Gasteiger partial charge in [0, 0.05) is 17.7 Å². The third-order valence-electron chi connectivity index (χ3n) is 7.20. The summed E-state index contributed by atoms with van der Waals surface area (Å²) in [5, 5.41) is 0.989. The molecule has 3 heterocycles. The Bertz CT molecular complexity index is 1520. The van der Waals surface area contributed by atoms with Crippen LogP contribution >= 0.6 is 0 Å². The molecule has 10 nitrogen and oxygen atoms in total. The zero-order valence-electron chi connectivity index (χ0n) is 20.5. The van der Waals surface area contributed by atoms with Gasteiger partial charge in [-0.1, -0.05) is 42.5 Å². The molecule has 3 atom stereocenters. The molecule has 37 heavy (non-hydrogen) atoms. The van der Waals surface area contributed by atoms with Crippen LogP contribution in [0.25, 0.3) is 0 Å². The molecule has 3 bridgehead atoms. The number of carbonyl (C=O) groups is 3. The highest BCUT2D eigenvalue weighted by atomic mass is 16.5. The van der Waals surface area contributed by atoms with Crippen LogP contribution in [0.5, 0.6) is 5.75 Å². The standard InChI is InChI=1S/C27H25N6O4/c1-16-24(34)33(2)21-14-8-13-20-22(21)23(17-9-5-4-6-10-17)29-27(28,25(33)35)32(30-16)26(36)31(20)18-11-7-12-19(15-18)37-3/h4-16,30H,28H2,1-3H3/q+1/t16-,27+,33?/m0/s1. The monoisotopic (exact) mass is 497 g/mol. The Balaban J connectivity index is 1.80. The van der Waals surface area contributed by atoms with Gasteiger partial charge in [-0.05, 0) is 25.1 Å². The average Bonchev–Trinajstić information content (AvgIpc) is 3.02. The lowest BCUT2D eigenvalue weighted by atomic mass is 9.96. The van der Waals surface area contributed by atoms with Gasteiger partial charge in [0.1, 0.15) is 11.8 Å². The lowest BCUT2D eigenvalue weighted by Crippen LogP contribution is -2.72. The maximum absolute atomic E-state index is 14.3. The Labute approximate surface area is 213 Å². The molecule has 0 spiro atoms. The zero-order valence-corrected chi connectivity index (χ0v) is 20.5. The smallest absolute Gasteiger partial charge is 0.391 e. The van der Waals surface area contributed by atoms with Crippen LogP contribution in [0.2, 0.25) is 0 Å². The van der Waals surface area contributed by atoms with Crippen molar-refractivity contribution >= 4 is 40.6 Å². The zero-order chi connectivity index (χ0) is 26.1. The number of urea groups is 1. The van der Waals surface area contributed by atoms with E-state index in [0.29, 0.717) is 39.7 Å². The Morgan fingerprint density at radius 2 is 1.76 bits per heavy atom. The molecular formula is C27H25N6O4+. The highest BCUT2D eigenvalue weighted by Crippen LogP contribution is 2.46. The summed E-state index contributed by atoms with van der Waals surface area (Å²) in [6.07, 6.45) is 0. The average molecular weight is 498 g/mol. The molecule has 10 heteroatoms. The first-order chi connectivity index (χ1) is 17.7. The third kappa shape index (κ3) is 2.97. The number of hydrogen-bond acceptors (Lipinski definition) is 7. The van der Waals surface area contributed by atoms with Gasteiger partial charge in [-0.15, -0.1) is 0 Å². The van der Waals surface area contributed by atoms with Gasteiger partial charge >= 0.3 is 23.6 Å². The molecule has 3 aromatic carbocycles. The number of ether oxygens (including phenoxy) is 1. The number of quaternary nitrogens is 1. The van der Waals surface area contributed by atoms with E-state index in [1.807, 2.05) is 30.3 Å². The number of anilines is 2. The second-order valence-corrected chi connectivity index (χ2v) is 9.38. The maximum Gasteiger partial charge on any atom is 0.391 e. The van der Waals surface area contributed by atoms with Crippen LogP contribution in [-0.2, 0) is 9.59 Å². The van der Waals surface area contributed by atoms with Gasteiger partial charge < -0.3 is 4.74 Å². The summed E-state index contributed by atoms with van der Waals surface area (Å²) in [7, 11) is 3.06. The number of benzene rings is 3. The number of rotatable bonds is 3. The summed E-state index contributed by atoms with van der Waals surface area (Å²) >= 11 is 0. The van der Waals surface area contributed by atoms with Crippen molar-refractivity contribution in [2.24, 2.45) is 10.7 Å². The summed E-state index contributed by atoms with van der Waals surface area (Å²) in [6.45, 7) is 1.60. The molecule has 3 aliphatic heterocycles. The molecule has 0 aromatic heterocycles. The molecule has 0 saturated carbocycles. The summed E-state index contributed by atoms with van der Waals surface area (Å²) < 4.78 is 4.66. The molecule has 0 aliphatic carbocycles. The van der Waals surface area contributed by atoms with E-state index in [-0.39, 0.29) is 0 Å². The summed E-state index contributed by atoms with van der Waals surface area (Å²) in [4.78, 5) is 48.7. The summed E-state index contributed by atoms with van der Waals surface area (Å²) in [6, 6.07) is 20.0. The van der Waals surface area contributed by atoms with Crippen LogP contribution in [0.3, 0.4) is 0 Å². The Morgan fingerprint density at radius 1 is 1.03 bits per heavy atom. The van der Waals surface area contributed by atoms with E-state index in [2.05, 4.69) is 5.43 Å². The van der Waals surface area contributed by atoms with Gasteiger partial charge in [-0.2, -0.15) is 4.48 Å². The number of amides is 4. The number of imide groups is 1. The van der Waals surface area contributed by atoms with Crippen molar-refractivity contribution in [1.29, 1.82) is 0 Å². The lowest BCUT2D eigenvalue weighted by molar-refractivity contribution is -0.146. The molecule has 6 rings (SSSR count). The van der Waals surface area contributed by atoms with Crippen LogP contribution in [0.15, 0.2) is 77.8 Å². The number of hydrazine groups is 1. The lowest BCUT2D eigenvalue weighted by Gasteiger charge is -2.38. The molecule has 1 saturated heterocycles. The minimum atomic E-state index is -2.23. The first kappa shape index (κ1) is 23.0. The molecule has 186 valence electrons. The number of methoxy groups -OCH3 is 1. The van der Waals surface area contributed by atoms with E-state index in [9.17, 15) is 14.4 Å². The van der Waals surface area contributed by atoms with Crippen molar-refractivity contribution in [3.8, 4) is 5.75 Å². The molecule has 1 unspecified atom stereocenters. The molecule has 3 aliphatic rings. The molecule has 3 aromatic rings. The van der Waals surface area contributed by atoms with E-state index >= 15 is 0 Å². The first-order valence-corrected chi connectivity index (χ1v) is 11.8. The fraction of sp³-hybridized carbons (Fsp3) is 0.185. The molecule has 1 fully saturated rings. The second-order valence-electron chi connectivity index (χ2n) is 9.38. The number of nitrogens with zero attached hydrogens (tertiary/aromatic N) is 4. The number of nitrogens with one attached hydrogen (secondary N) is 1. The number of nitrogens with two attached hydrogens (primary N) is 1. The van der Waals surface area contributed by atoms with Crippen molar-refractivity contribution in [3.63, 3.8) is 0 Å². The molecule has 3 N–H and O–H groups in total. The number of carbonyl (C=O) groups excluding carboxylic acids is 3. The van der Waals surface area contributed by atoms with Crippen molar-refractivity contribution in [1.82, 2.24) is 14.9 Å². The van der Waals surface area contributed by atoms with Crippen LogP contribution in [0.1, 0.15) is 18.1 Å². The highest BCUT2D eigenvalue weighted by molar-refractivity contribution is 6.28. The minimum absolute atomic E-state index is 0.389. The number of likely N-dealkylation sites (N-methyl/N-ethyl adjacent to an activating group) is 1. The van der Waals surface area contributed by atoms with E-state index in [1.165, 1.54) is 11.9 Å². The van der Waals surface area contributed by atoms with Gasteiger partial charge in [-0.25, -0.2) is 29.8 Å². The molecule has 4 amide bonds. The minimum Gasteiger partial charge on any atom is -0.497 e. The normalized spacial score (nSPS) is 26.4. The van der Waals surface area contributed by atoms with Crippen molar-refractivity contribution < 1.29 is 19.1 Å². The largest absolute Gasteiger partial charge is 0.497 e. The Hall–Kier alpha value is -4.38. The van der Waals surface area contributed by atoms with Gasteiger partial charge in [0.25, 0.3) is 0 Å². The van der Waals surface area contributed by atoms with E-state index in [1.54, 1.807) is 56.5 Å². The SMILES string of the molecule is COc1cccc(N2C(=O)N3N[C@@H](C)C(=O)[N+]4(C)C(=O)[C@@]3(N)N=C(c3ccccc3)c3c2cccc34)c1. The predicted octanol–water partition coefficient (Wildman–Crippen LogP) is 2.63. The van der Waals surface area contributed by atoms with Gasteiger partial charge in [0.2, 0.25) is 0 Å². The quantitative estimate of drug-likeness (QED) is 0.424. The third-order valence-corrected chi connectivity index (χ3v) is 7.20. The van der Waals surface area contributed by atoms with Gasteiger partial charge in [-0.3, -0.25) is 10.6 Å². The van der Waals surface area contributed by atoms with E-state index < -0.39 is 34.2 Å². The highest BCUT2D eigenvalue weighted by Gasteiger charge is 2.66. The molecular weight excluding hydrogens is 472 g/mol. The first-order valence-electron chi connectivity index (χ1n) is 11.8. The van der Waals surface area contributed by atoms with Crippen LogP contribution in [0.4, 0.5) is 21.9 Å². The van der Waals surface area contributed by atoms with E-state index in [4.69, 9.17) is 15.5 Å². The molecule has 0 radical (unpaired) electrons. The van der Waals surface area contributed by atoms with Crippen LogP contribution < -0.4 is 25.3 Å². The fourth-order valence-corrected chi connectivity index (χ4v) is 5.35. The fourth-order valence-electron chi connectivity index (χ4n) is 5.35. The number of aliphatic imine (C=N–C) groups is 1. The maximum atomic E-state index is 14.3. The summed E-state index contributed by atoms with van der Waals surface area (Å²) in [5.74, 6) is -2.87. The van der Waals surface area contributed by atoms with Crippen molar-refractivity contribution in [3.05, 3.63) is 83.9 Å². The van der Waals surface area contributed by atoms with Gasteiger partial charge in [0.15, 0.2) is 5.69 Å². The topological polar surface area (TPSA) is 117 Å². The van der Waals surface area contributed by atoms with E-state index in [0.717, 1.165) is 5.01 Å². The Kier molecular flexibility index (Phi) is 4.86. The second kappa shape index (κ2) is 7.81.